The predicted octanol–water partition coefficient (Wildman–Crippen LogP) is 4.84. The molecule has 1 atom stereocenters. The average Bonchev–Trinajstić information content (AvgIpc) is 2.53. The van der Waals surface area contributed by atoms with Crippen LogP contribution in [0, 0.1) is 5.82 Å². The SMILES string of the molecule is CC.Fc1ccc(Cl)cc1.NC(CO)c1ccc(Cl)cc1. The van der Waals surface area contributed by atoms with Crippen molar-refractivity contribution >= 4 is 23.2 Å². The summed E-state index contributed by atoms with van der Waals surface area (Å²) in [5.41, 5.74) is 6.45. The number of hydrogen-bond acceptors (Lipinski definition) is 2. The highest BCUT2D eigenvalue weighted by molar-refractivity contribution is 6.30. The van der Waals surface area contributed by atoms with E-state index in [4.69, 9.17) is 34.0 Å². The minimum atomic E-state index is -0.299. The maximum atomic E-state index is 12.0. The Morgan fingerprint density at radius 2 is 1.33 bits per heavy atom. The second kappa shape index (κ2) is 11.5. The molecule has 0 aliphatic carbocycles. The van der Waals surface area contributed by atoms with Crippen LogP contribution >= 0.6 is 23.2 Å². The molecule has 116 valence electrons. The van der Waals surface area contributed by atoms with Crippen LogP contribution in [0.15, 0.2) is 48.5 Å². The van der Waals surface area contributed by atoms with E-state index in [1.54, 1.807) is 12.1 Å². The van der Waals surface area contributed by atoms with Crippen LogP contribution in [0.4, 0.5) is 4.39 Å². The van der Waals surface area contributed by atoms with E-state index in [0.717, 1.165) is 5.56 Å². The van der Waals surface area contributed by atoms with Gasteiger partial charge in [-0.3, -0.25) is 0 Å². The Kier molecular flexibility index (Phi) is 10.9. The molecule has 0 spiro atoms. The fraction of sp³-hybridized carbons (Fsp3) is 0.250. The molecule has 21 heavy (non-hydrogen) atoms. The van der Waals surface area contributed by atoms with Crippen molar-refractivity contribution in [2.45, 2.75) is 19.9 Å². The lowest BCUT2D eigenvalue weighted by Crippen LogP contribution is -2.13. The molecule has 0 heterocycles. The lowest BCUT2D eigenvalue weighted by atomic mass is 10.1. The quantitative estimate of drug-likeness (QED) is 0.827. The average molecular weight is 332 g/mol. The highest BCUT2D eigenvalue weighted by atomic mass is 35.5. The zero-order chi connectivity index (χ0) is 16.3. The summed E-state index contributed by atoms with van der Waals surface area (Å²) in [5.74, 6) is -0.255. The highest BCUT2D eigenvalue weighted by Gasteiger charge is 2.02. The Morgan fingerprint density at radius 3 is 1.67 bits per heavy atom. The van der Waals surface area contributed by atoms with E-state index in [2.05, 4.69) is 0 Å². The zero-order valence-electron chi connectivity index (χ0n) is 12.1. The minimum Gasteiger partial charge on any atom is -0.394 e. The van der Waals surface area contributed by atoms with Gasteiger partial charge in [0, 0.05) is 10.0 Å². The Labute approximate surface area is 135 Å². The van der Waals surface area contributed by atoms with Gasteiger partial charge >= 0.3 is 0 Å². The van der Waals surface area contributed by atoms with Crippen molar-refractivity contribution < 1.29 is 9.50 Å². The van der Waals surface area contributed by atoms with Crippen molar-refractivity contribution in [2.24, 2.45) is 5.73 Å². The fourth-order valence-corrected chi connectivity index (χ4v) is 1.50. The Balaban J connectivity index is 0.000000354. The molecule has 2 nitrogen and oxygen atoms in total. The first-order valence-corrected chi connectivity index (χ1v) is 7.31. The summed E-state index contributed by atoms with van der Waals surface area (Å²) in [6.07, 6.45) is 0. The topological polar surface area (TPSA) is 46.2 Å². The van der Waals surface area contributed by atoms with Gasteiger partial charge in [0.25, 0.3) is 0 Å². The monoisotopic (exact) mass is 331 g/mol. The van der Waals surface area contributed by atoms with Gasteiger partial charge in [-0.25, -0.2) is 4.39 Å². The third-order valence-corrected chi connectivity index (χ3v) is 2.80. The second-order valence-electron chi connectivity index (χ2n) is 3.78. The van der Waals surface area contributed by atoms with E-state index in [1.165, 1.54) is 24.3 Å². The molecular formula is C16H20Cl2FNO. The molecule has 0 amide bonds. The molecule has 2 aromatic carbocycles. The third kappa shape index (κ3) is 8.68. The summed E-state index contributed by atoms with van der Waals surface area (Å²) >= 11 is 11.1. The maximum absolute atomic E-state index is 12.0. The molecule has 5 heteroatoms. The lowest BCUT2D eigenvalue weighted by Gasteiger charge is -2.07. The van der Waals surface area contributed by atoms with Crippen LogP contribution < -0.4 is 5.73 Å². The van der Waals surface area contributed by atoms with Gasteiger partial charge in [0.05, 0.1) is 12.6 Å². The van der Waals surface area contributed by atoms with E-state index >= 15 is 0 Å². The van der Waals surface area contributed by atoms with E-state index in [1.807, 2.05) is 26.0 Å². The van der Waals surface area contributed by atoms with E-state index < -0.39 is 0 Å². The minimum absolute atomic E-state index is 0.0400. The van der Waals surface area contributed by atoms with Gasteiger partial charge in [0.2, 0.25) is 0 Å². The zero-order valence-corrected chi connectivity index (χ0v) is 13.6. The summed E-state index contributed by atoms with van der Waals surface area (Å²) in [4.78, 5) is 0. The third-order valence-electron chi connectivity index (χ3n) is 2.30. The van der Waals surface area contributed by atoms with Gasteiger partial charge in [0.1, 0.15) is 5.82 Å². The number of benzene rings is 2. The first-order chi connectivity index (χ1) is 10.0. The van der Waals surface area contributed by atoms with Gasteiger partial charge in [-0.15, -0.1) is 0 Å². The van der Waals surface area contributed by atoms with Gasteiger partial charge in [-0.2, -0.15) is 0 Å². The van der Waals surface area contributed by atoms with Crippen LogP contribution in [0.1, 0.15) is 25.5 Å². The molecule has 2 aromatic rings. The number of halogens is 3. The van der Waals surface area contributed by atoms with E-state index in [9.17, 15) is 4.39 Å². The Hall–Kier alpha value is -1.13. The number of aliphatic hydroxyl groups is 1. The Morgan fingerprint density at radius 1 is 0.952 bits per heavy atom. The molecule has 0 saturated heterocycles. The molecular weight excluding hydrogens is 312 g/mol. The first-order valence-electron chi connectivity index (χ1n) is 6.56. The summed E-state index contributed by atoms with van der Waals surface area (Å²) < 4.78 is 12.0. The number of rotatable bonds is 2. The molecule has 0 radical (unpaired) electrons. The van der Waals surface area contributed by atoms with Gasteiger partial charge < -0.3 is 10.8 Å². The number of aliphatic hydroxyl groups excluding tert-OH is 1. The molecule has 1 unspecified atom stereocenters. The van der Waals surface area contributed by atoms with Crippen molar-refractivity contribution in [3.8, 4) is 0 Å². The summed E-state index contributed by atoms with van der Waals surface area (Å²) in [6.45, 7) is 3.96. The summed E-state index contributed by atoms with van der Waals surface area (Å²) in [7, 11) is 0. The van der Waals surface area contributed by atoms with Gasteiger partial charge in [0.15, 0.2) is 0 Å². The van der Waals surface area contributed by atoms with Gasteiger partial charge in [-0.05, 0) is 42.0 Å². The molecule has 0 aliphatic rings. The predicted molar refractivity (Wildman–Crippen MR) is 88.2 cm³/mol. The molecule has 0 bridgehead atoms. The second-order valence-corrected chi connectivity index (χ2v) is 4.65. The van der Waals surface area contributed by atoms with E-state index in [0.29, 0.717) is 10.0 Å². The molecule has 0 aromatic heterocycles. The standard InChI is InChI=1S/C8H10ClNO.C6H4ClF.C2H6/c9-7-3-1-6(2-4-7)8(10)5-11;7-5-1-3-6(8)4-2-5;1-2/h1-4,8,11H,5,10H2;1-4H;1-2H3. The summed E-state index contributed by atoms with van der Waals surface area (Å²) in [6, 6.07) is 12.5. The van der Waals surface area contributed by atoms with Gasteiger partial charge in [-0.1, -0.05) is 49.2 Å². The normalized spacial score (nSPS) is 10.6. The lowest BCUT2D eigenvalue weighted by molar-refractivity contribution is 0.268. The van der Waals surface area contributed by atoms with Crippen LogP contribution in [-0.4, -0.2) is 11.7 Å². The molecule has 0 aliphatic heterocycles. The number of nitrogens with two attached hydrogens (primary N) is 1. The molecule has 0 fully saturated rings. The van der Waals surface area contributed by atoms with Crippen molar-refractivity contribution in [1.82, 2.24) is 0 Å². The molecule has 2 rings (SSSR count). The van der Waals surface area contributed by atoms with Crippen LogP contribution in [0.3, 0.4) is 0 Å². The van der Waals surface area contributed by atoms with E-state index in [-0.39, 0.29) is 18.5 Å². The Bertz CT molecular complexity index is 468. The fourth-order valence-electron chi connectivity index (χ4n) is 1.24. The van der Waals surface area contributed by atoms with Crippen LogP contribution in [0.5, 0.6) is 0 Å². The molecule has 0 saturated carbocycles. The van der Waals surface area contributed by atoms with Crippen LogP contribution in [0.2, 0.25) is 10.0 Å². The first kappa shape index (κ1) is 19.9. The summed E-state index contributed by atoms with van der Waals surface area (Å²) in [5, 5.41) is 9.94. The molecule has 3 N–H and O–H groups in total. The largest absolute Gasteiger partial charge is 0.394 e. The van der Waals surface area contributed by atoms with Crippen molar-refractivity contribution in [2.75, 3.05) is 6.61 Å². The van der Waals surface area contributed by atoms with Crippen LogP contribution in [0.25, 0.3) is 0 Å². The van der Waals surface area contributed by atoms with Crippen LogP contribution in [-0.2, 0) is 0 Å². The van der Waals surface area contributed by atoms with Crippen molar-refractivity contribution in [1.29, 1.82) is 0 Å². The smallest absolute Gasteiger partial charge is 0.123 e. The highest BCUT2D eigenvalue weighted by Crippen LogP contribution is 2.13. The van der Waals surface area contributed by atoms with Crippen molar-refractivity contribution in [3.63, 3.8) is 0 Å². The van der Waals surface area contributed by atoms with Crippen molar-refractivity contribution in [3.05, 3.63) is 70.0 Å². The number of hydrogen-bond donors (Lipinski definition) is 2. The maximum Gasteiger partial charge on any atom is 0.123 e.